The molecule has 8 heteroatoms. The molecule has 4 heterocycles. The van der Waals surface area contributed by atoms with E-state index in [0.717, 1.165) is 49.6 Å². The highest BCUT2D eigenvalue weighted by atomic mass is 32.1. The summed E-state index contributed by atoms with van der Waals surface area (Å²) in [6.45, 7) is 10.1. The van der Waals surface area contributed by atoms with Crippen LogP contribution in [0.3, 0.4) is 0 Å². The molecule has 0 radical (unpaired) electrons. The molecule has 1 unspecified atom stereocenters. The fraction of sp³-hybridized carbons (Fsp3) is 0.682. The third-order valence-corrected chi connectivity index (χ3v) is 7.23. The van der Waals surface area contributed by atoms with E-state index >= 15 is 0 Å². The molecule has 1 fully saturated rings. The second-order valence-corrected chi connectivity index (χ2v) is 9.45. The van der Waals surface area contributed by atoms with Crippen LogP contribution in [0.2, 0.25) is 0 Å². The maximum absolute atomic E-state index is 4.83. The fourth-order valence-electron chi connectivity index (χ4n) is 4.40. The van der Waals surface area contributed by atoms with Crippen molar-refractivity contribution < 1.29 is 0 Å². The van der Waals surface area contributed by atoms with Gasteiger partial charge in [-0.15, -0.1) is 21.5 Å². The van der Waals surface area contributed by atoms with Gasteiger partial charge in [0.25, 0.3) is 0 Å². The largest absolute Gasteiger partial charge is 0.357 e. The van der Waals surface area contributed by atoms with Crippen molar-refractivity contribution in [3.05, 3.63) is 34.0 Å². The minimum atomic E-state index is 0.391. The Morgan fingerprint density at radius 3 is 2.87 bits per heavy atom. The molecule has 0 saturated carbocycles. The van der Waals surface area contributed by atoms with Crippen LogP contribution in [0.4, 0.5) is 0 Å². The number of aliphatic imine (C=N–C) groups is 1. The van der Waals surface area contributed by atoms with Gasteiger partial charge < -0.3 is 15.2 Å². The number of piperidine rings is 1. The molecule has 1 atom stereocenters. The molecule has 1 saturated heterocycles. The Hall–Kier alpha value is -1.93. The lowest BCUT2D eigenvalue weighted by molar-refractivity contribution is 0.140. The Bertz CT molecular complexity index is 806. The van der Waals surface area contributed by atoms with Crippen LogP contribution in [0.25, 0.3) is 0 Å². The van der Waals surface area contributed by atoms with Gasteiger partial charge in [0.2, 0.25) is 0 Å². The van der Waals surface area contributed by atoms with E-state index in [-0.39, 0.29) is 0 Å². The molecular formula is C22H35N7S. The topological polar surface area (TPSA) is 70.4 Å². The highest BCUT2D eigenvalue weighted by Gasteiger charge is 2.25. The second-order valence-electron chi connectivity index (χ2n) is 8.47. The molecule has 0 aromatic carbocycles. The summed E-state index contributed by atoms with van der Waals surface area (Å²) in [7, 11) is 0. The summed E-state index contributed by atoms with van der Waals surface area (Å²) in [5.74, 6) is 3.78. The molecule has 0 spiro atoms. The van der Waals surface area contributed by atoms with Crippen molar-refractivity contribution in [2.75, 3.05) is 26.2 Å². The zero-order chi connectivity index (χ0) is 20.8. The number of rotatable bonds is 7. The molecule has 0 aliphatic carbocycles. The average Bonchev–Trinajstić information content (AvgIpc) is 3.44. The maximum atomic E-state index is 4.83. The van der Waals surface area contributed by atoms with Crippen molar-refractivity contribution in [3.63, 3.8) is 0 Å². The molecule has 2 aromatic heterocycles. The Morgan fingerprint density at radius 2 is 2.10 bits per heavy atom. The molecule has 2 N–H and O–H groups in total. The number of aromatic nitrogens is 3. The van der Waals surface area contributed by atoms with Gasteiger partial charge in [0.15, 0.2) is 11.8 Å². The lowest BCUT2D eigenvalue weighted by atomic mass is 9.97. The number of aryl methyl sites for hydroxylation is 1. The van der Waals surface area contributed by atoms with Crippen LogP contribution in [0.5, 0.6) is 0 Å². The summed E-state index contributed by atoms with van der Waals surface area (Å²) in [6.07, 6.45) is 6.02. The predicted octanol–water partition coefficient (Wildman–Crippen LogP) is 3.20. The number of thiophene rings is 1. The van der Waals surface area contributed by atoms with E-state index in [0.29, 0.717) is 12.6 Å². The van der Waals surface area contributed by atoms with Crippen LogP contribution in [0.15, 0.2) is 22.5 Å². The molecule has 2 aliphatic heterocycles. The van der Waals surface area contributed by atoms with Gasteiger partial charge >= 0.3 is 0 Å². The van der Waals surface area contributed by atoms with E-state index < -0.39 is 0 Å². The summed E-state index contributed by atoms with van der Waals surface area (Å²) < 4.78 is 2.25. The molecule has 0 amide bonds. The first-order chi connectivity index (χ1) is 14.7. The Morgan fingerprint density at radius 1 is 1.23 bits per heavy atom. The zero-order valence-electron chi connectivity index (χ0n) is 18.3. The summed E-state index contributed by atoms with van der Waals surface area (Å²) in [5, 5.41) is 17.9. The van der Waals surface area contributed by atoms with Gasteiger partial charge in [0.05, 0.1) is 6.04 Å². The van der Waals surface area contributed by atoms with Crippen LogP contribution in [-0.2, 0) is 19.5 Å². The minimum Gasteiger partial charge on any atom is -0.357 e. The summed E-state index contributed by atoms with van der Waals surface area (Å²) in [6, 6.07) is 4.82. The van der Waals surface area contributed by atoms with Crippen molar-refractivity contribution >= 4 is 17.3 Å². The molecule has 0 bridgehead atoms. The lowest BCUT2D eigenvalue weighted by Crippen LogP contribution is -2.45. The van der Waals surface area contributed by atoms with Gasteiger partial charge in [-0.05, 0) is 63.1 Å². The summed E-state index contributed by atoms with van der Waals surface area (Å²) >= 11 is 1.85. The van der Waals surface area contributed by atoms with Crippen LogP contribution in [-0.4, -0.2) is 51.8 Å². The van der Waals surface area contributed by atoms with Crippen molar-refractivity contribution in [1.29, 1.82) is 0 Å². The number of hydrogen-bond donors (Lipinski definition) is 2. The number of likely N-dealkylation sites (tertiary alicyclic amines) is 1. The van der Waals surface area contributed by atoms with Gasteiger partial charge in [-0.2, -0.15) is 0 Å². The number of fused-ring (bicyclic) bond motifs is 1. The van der Waals surface area contributed by atoms with Gasteiger partial charge in [-0.1, -0.05) is 13.0 Å². The Kier molecular flexibility index (Phi) is 7.38. The minimum absolute atomic E-state index is 0.391. The van der Waals surface area contributed by atoms with Gasteiger partial charge in [-0.3, -0.25) is 4.90 Å². The van der Waals surface area contributed by atoms with Crippen molar-refractivity contribution in [3.8, 4) is 0 Å². The van der Waals surface area contributed by atoms with E-state index in [2.05, 4.69) is 61.7 Å². The smallest absolute Gasteiger partial charge is 0.191 e. The Balaban J connectivity index is 1.42. The first-order valence-corrected chi connectivity index (χ1v) is 12.3. The van der Waals surface area contributed by atoms with Gasteiger partial charge in [0.1, 0.15) is 12.4 Å². The van der Waals surface area contributed by atoms with Crippen molar-refractivity contribution in [2.45, 2.75) is 65.1 Å². The predicted molar refractivity (Wildman–Crippen MR) is 123 cm³/mol. The summed E-state index contributed by atoms with van der Waals surface area (Å²) in [5.41, 5.74) is 0. The van der Waals surface area contributed by atoms with E-state index in [9.17, 15) is 0 Å². The molecule has 4 rings (SSSR count). The van der Waals surface area contributed by atoms with Crippen LogP contribution < -0.4 is 10.6 Å². The van der Waals surface area contributed by atoms with Crippen LogP contribution in [0.1, 0.15) is 62.1 Å². The van der Waals surface area contributed by atoms with Gasteiger partial charge in [0, 0.05) is 30.9 Å². The van der Waals surface area contributed by atoms with E-state index in [1.807, 2.05) is 11.3 Å². The lowest BCUT2D eigenvalue weighted by Gasteiger charge is -2.36. The number of guanidine groups is 1. The quantitative estimate of drug-likeness (QED) is 0.522. The molecule has 164 valence electrons. The number of hydrogen-bond acceptors (Lipinski definition) is 5. The number of nitrogens with one attached hydrogen (secondary N) is 2. The normalized spacial score (nSPS) is 19.5. The first-order valence-electron chi connectivity index (χ1n) is 11.4. The third-order valence-electron chi connectivity index (χ3n) is 6.25. The molecule has 7 nitrogen and oxygen atoms in total. The Labute approximate surface area is 184 Å². The summed E-state index contributed by atoms with van der Waals surface area (Å²) in [4.78, 5) is 8.90. The molecule has 30 heavy (non-hydrogen) atoms. The van der Waals surface area contributed by atoms with Crippen molar-refractivity contribution in [2.24, 2.45) is 10.9 Å². The fourth-order valence-corrected chi connectivity index (χ4v) is 5.26. The zero-order valence-corrected chi connectivity index (χ0v) is 19.1. The highest BCUT2D eigenvalue weighted by Crippen LogP contribution is 2.29. The van der Waals surface area contributed by atoms with Crippen molar-refractivity contribution in [1.82, 2.24) is 30.3 Å². The van der Waals surface area contributed by atoms with Crippen LogP contribution in [0, 0.1) is 5.92 Å². The first kappa shape index (κ1) is 21.3. The molecular weight excluding hydrogens is 394 g/mol. The molecule has 2 aliphatic rings. The van der Waals surface area contributed by atoms with E-state index in [1.54, 1.807) is 0 Å². The highest BCUT2D eigenvalue weighted by molar-refractivity contribution is 7.10. The maximum Gasteiger partial charge on any atom is 0.191 e. The van der Waals surface area contributed by atoms with E-state index in [1.165, 1.54) is 43.6 Å². The molecule has 2 aromatic rings. The van der Waals surface area contributed by atoms with Crippen LogP contribution >= 0.6 is 11.3 Å². The standard InChI is InChI=1S/C22H35N7S/c1-3-23-22(25-16-21-27-26-20-8-4-5-11-29(20)21)24-15-18(19-7-6-14-30-19)28-12-9-17(2)10-13-28/h6-7,14,17-18H,3-5,8-13,15-16H2,1-2H3,(H2,23,24,25). The number of nitrogens with zero attached hydrogens (tertiary/aromatic N) is 5. The third kappa shape index (κ3) is 5.21. The SMILES string of the molecule is CCNC(=NCc1nnc2n1CCCC2)NCC(c1cccs1)N1CCC(C)CC1. The second kappa shape index (κ2) is 10.4. The monoisotopic (exact) mass is 429 g/mol. The average molecular weight is 430 g/mol. The van der Waals surface area contributed by atoms with Gasteiger partial charge in [-0.25, -0.2) is 4.99 Å². The van der Waals surface area contributed by atoms with E-state index in [4.69, 9.17) is 4.99 Å².